The summed E-state index contributed by atoms with van der Waals surface area (Å²) in [6.07, 6.45) is 5.72. The van der Waals surface area contributed by atoms with Gasteiger partial charge >= 0.3 is 0 Å². The van der Waals surface area contributed by atoms with Gasteiger partial charge in [-0.05, 0) is 31.9 Å². The number of hydrogen-bond donors (Lipinski definition) is 0. The van der Waals surface area contributed by atoms with Crippen LogP contribution in [0.2, 0.25) is 0 Å². The zero-order valence-electron chi connectivity index (χ0n) is 9.44. The maximum absolute atomic E-state index is 5.02. The highest BCUT2D eigenvalue weighted by molar-refractivity contribution is 5.17. The summed E-state index contributed by atoms with van der Waals surface area (Å²) >= 11 is 0. The fourth-order valence-corrected chi connectivity index (χ4v) is 1.68. The molecule has 1 aliphatic carbocycles. The number of likely N-dealkylation sites (N-methyl/N-ethyl adjacent to an activating group) is 1. The molecule has 0 N–H and O–H groups in total. The van der Waals surface area contributed by atoms with Crippen LogP contribution in [0.1, 0.15) is 18.4 Å². The van der Waals surface area contributed by atoms with Crippen LogP contribution in [0.25, 0.3) is 0 Å². The summed E-state index contributed by atoms with van der Waals surface area (Å²) in [5, 5.41) is 0. The summed E-state index contributed by atoms with van der Waals surface area (Å²) < 4.78 is 5.02. The average Bonchev–Trinajstić information content (AvgIpc) is 3.10. The third kappa shape index (κ3) is 2.93. The quantitative estimate of drug-likeness (QED) is 0.733. The van der Waals surface area contributed by atoms with Crippen LogP contribution in [0.3, 0.4) is 0 Å². The van der Waals surface area contributed by atoms with E-state index in [0.717, 1.165) is 19.0 Å². The second-order valence-electron chi connectivity index (χ2n) is 4.17. The van der Waals surface area contributed by atoms with E-state index in [2.05, 4.69) is 23.0 Å². The molecule has 15 heavy (non-hydrogen) atoms. The molecule has 0 atom stereocenters. The fourth-order valence-electron chi connectivity index (χ4n) is 1.68. The van der Waals surface area contributed by atoms with Gasteiger partial charge in [-0.3, -0.25) is 0 Å². The maximum atomic E-state index is 5.02. The van der Waals surface area contributed by atoms with Gasteiger partial charge in [0.15, 0.2) is 0 Å². The van der Waals surface area contributed by atoms with Crippen LogP contribution in [-0.2, 0) is 6.42 Å². The van der Waals surface area contributed by atoms with Gasteiger partial charge in [0.25, 0.3) is 0 Å². The lowest BCUT2D eigenvalue weighted by atomic mass is 10.2. The number of hydrogen-bond acceptors (Lipinski definition) is 3. The lowest BCUT2D eigenvalue weighted by Gasteiger charge is -2.14. The summed E-state index contributed by atoms with van der Waals surface area (Å²) in [5.41, 5.74) is 1.28. The summed E-state index contributed by atoms with van der Waals surface area (Å²) in [4.78, 5) is 6.63. The second-order valence-corrected chi connectivity index (χ2v) is 4.17. The number of methoxy groups -OCH3 is 1. The first-order valence-electron chi connectivity index (χ1n) is 5.49. The Morgan fingerprint density at radius 1 is 1.47 bits per heavy atom. The lowest BCUT2D eigenvalue weighted by molar-refractivity contribution is 0.328. The van der Waals surface area contributed by atoms with Gasteiger partial charge in [-0.25, -0.2) is 4.98 Å². The molecule has 0 aromatic carbocycles. The molecule has 1 saturated carbocycles. The molecule has 3 nitrogen and oxygen atoms in total. The topological polar surface area (TPSA) is 25.4 Å². The highest BCUT2D eigenvalue weighted by atomic mass is 16.5. The van der Waals surface area contributed by atoms with Gasteiger partial charge in [-0.1, -0.05) is 6.07 Å². The van der Waals surface area contributed by atoms with Crippen molar-refractivity contribution in [2.75, 3.05) is 20.7 Å². The molecule has 1 aromatic heterocycles. The summed E-state index contributed by atoms with van der Waals surface area (Å²) in [6, 6.07) is 4.86. The van der Waals surface area contributed by atoms with Gasteiger partial charge in [0, 0.05) is 24.8 Å². The molecule has 1 aliphatic rings. The van der Waals surface area contributed by atoms with Crippen molar-refractivity contribution in [2.45, 2.75) is 25.3 Å². The minimum Gasteiger partial charge on any atom is -0.481 e. The van der Waals surface area contributed by atoms with Gasteiger partial charge in [0.1, 0.15) is 0 Å². The van der Waals surface area contributed by atoms with E-state index in [1.807, 2.05) is 12.3 Å². The third-order valence-corrected chi connectivity index (χ3v) is 2.93. The van der Waals surface area contributed by atoms with Gasteiger partial charge in [-0.15, -0.1) is 0 Å². The molecule has 2 rings (SSSR count). The molecular weight excluding hydrogens is 188 g/mol. The summed E-state index contributed by atoms with van der Waals surface area (Å²) in [5.74, 6) is 0.689. The van der Waals surface area contributed by atoms with Crippen LogP contribution in [0.5, 0.6) is 5.88 Å². The Kier molecular flexibility index (Phi) is 3.21. The van der Waals surface area contributed by atoms with Crippen molar-refractivity contribution in [3.63, 3.8) is 0 Å². The Labute approximate surface area is 91.1 Å². The fraction of sp³-hybridized carbons (Fsp3) is 0.583. The molecule has 0 saturated heterocycles. The molecule has 0 radical (unpaired) electrons. The van der Waals surface area contributed by atoms with Crippen molar-refractivity contribution in [1.29, 1.82) is 0 Å². The first-order chi connectivity index (χ1) is 7.29. The zero-order chi connectivity index (χ0) is 10.7. The summed E-state index contributed by atoms with van der Waals surface area (Å²) in [6.45, 7) is 1.12. The van der Waals surface area contributed by atoms with E-state index >= 15 is 0 Å². The number of nitrogens with zero attached hydrogens (tertiary/aromatic N) is 2. The van der Waals surface area contributed by atoms with E-state index in [-0.39, 0.29) is 0 Å². The van der Waals surface area contributed by atoms with Gasteiger partial charge in [-0.2, -0.15) is 0 Å². The van der Waals surface area contributed by atoms with Crippen molar-refractivity contribution in [1.82, 2.24) is 9.88 Å². The van der Waals surface area contributed by atoms with E-state index < -0.39 is 0 Å². The highest BCUT2D eigenvalue weighted by Crippen LogP contribution is 2.25. The highest BCUT2D eigenvalue weighted by Gasteiger charge is 2.25. The Hall–Kier alpha value is -1.09. The van der Waals surface area contributed by atoms with Crippen molar-refractivity contribution >= 4 is 0 Å². The van der Waals surface area contributed by atoms with Crippen molar-refractivity contribution in [3.8, 4) is 5.88 Å². The molecule has 82 valence electrons. The van der Waals surface area contributed by atoms with Gasteiger partial charge in [0.2, 0.25) is 5.88 Å². The smallest absolute Gasteiger partial charge is 0.212 e. The number of aromatic nitrogens is 1. The van der Waals surface area contributed by atoms with Gasteiger partial charge < -0.3 is 9.64 Å². The molecule has 0 spiro atoms. The Morgan fingerprint density at radius 3 is 2.80 bits per heavy atom. The molecule has 1 aromatic rings. The van der Waals surface area contributed by atoms with E-state index in [4.69, 9.17) is 4.74 Å². The Bertz CT molecular complexity index is 306. The predicted octanol–water partition coefficient (Wildman–Crippen LogP) is 1.73. The van der Waals surface area contributed by atoms with E-state index in [9.17, 15) is 0 Å². The molecular formula is C12H18N2O. The van der Waals surface area contributed by atoms with Crippen LogP contribution in [-0.4, -0.2) is 36.6 Å². The van der Waals surface area contributed by atoms with E-state index in [1.54, 1.807) is 7.11 Å². The molecule has 1 fully saturated rings. The maximum Gasteiger partial charge on any atom is 0.212 e. The minimum absolute atomic E-state index is 0.689. The number of rotatable bonds is 5. The van der Waals surface area contributed by atoms with Crippen LogP contribution >= 0.6 is 0 Å². The van der Waals surface area contributed by atoms with Crippen molar-refractivity contribution in [2.24, 2.45) is 0 Å². The minimum atomic E-state index is 0.689. The van der Waals surface area contributed by atoms with Crippen LogP contribution in [0.15, 0.2) is 18.3 Å². The molecule has 0 bridgehead atoms. The largest absolute Gasteiger partial charge is 0.481 e. The summed E-state index contributed by atoms with van der Waals surface area (Å²) in [7, 11) is 3.84. The molecule has 3 heteroatoms. The molecule has 0 amide bonds. The van der Waals surface area contributed by atoms with Crippen LogP contribution in [0.4, 0.5) is 0 Å². The van der Waals surface area contributed by atoms with Gasteiger partial charge in [0.05, 0.1) is 7.11 Å². The molecule has 1 heterocycles. The number of pyridine rings is 1. The average molecular weight is 206 g/mol. The molecule has 0 aliphatic heterocycles. The van der Waals surface area contributed by atoms with Crippen molar-refractivity contribution in [3.05, 3.63) is 23.9 Å². The number of ether oxygens (including phenoxy) is 1. The SMILES string of the molecule is COc1ccc(CCN(C)C2CC2)cn1. The predicted molar refractivity (Wildman–Crippen MR) is 60.1 cm³/mol. The second kappa shape index (κ2) is 4.62. The van der Waals surface area contributed by atoms with Crippen LogP contribution < -0.4 is 4.74 Å². The van der Waals surface area contributed by atoms with Crippen molar-refractivity contribution < 1.29 is 4.74 Å². The van der Waals surface area contributed by atoms with E-state index in [0.29, 0.717) is 5.88 Å². The Morgan fingerprint density at radius 2 is 2.27 bits per heavy atom. The Balaban J connectivity index is 1.81. The third-order valence-electron chi connectivity index (χ3n) is 2.93. The van der Waals surface area contributed by atoms with E-state index in [1.165, 1.54) is 18.4 Å². The first-order valence-corrected chi connectivity index (χ1v) is 5.49. The lowest BCUT2D eigenvalue weighted by Crippen LogP contribution is -2.23. The standard InChI is InChI=1S/C12H18N2O/c1-14(11-4-5-11)8-7-10-3-6-12(15-2)13-9-10/h3,6,9,11H,4-5,7-8H2,1-2H3. The normalized spacial score (nSPS) is 15.7. The first kappa shape index (κ1) is 10.4. The monoisotopic (exact) mass is 206 g/mol. The zero-order valence-corrected chi connectivity index (χ0v) is 9.44. The van der Waals surface area contributed by atoms with Crippen LogP contribution in [0, 0.1) is 0 Å². The molecule has 0 unspecified atom stereocenters.